The topological polar surface area (TPSA) is 53.0 Å². The molecule has 42 heavy (non-hydrogen) atoms. The van der Waals surface area contributed by atoms with Gasteiger partial charge in [-0.2, -0.15) is 5.10 Å². The first kappa shape index (κ1) is 26.4. The average molecular weight is 633 g/mol. The summed E-state index contributed by atoms with van der Waals surface area (Å²) in [5, 5.41) is 7.63. The van der Waals surface area contributed by atoms with Crippen LogP contribution in [-0.4, -0.2) is 17.5 Å². The summed E-state index contributed by atoms with van der Waals surface area (Å²) in [6.07, 6.45) is 0. The molecule has 0 saturated carbocycles. The molecule has 0 radical (unpaired) electrons. The van der Waals surface area contributed by atoms with Crippen molar-refractivity contribution in [2.45, 2.75) is 11.5 Å². The van der Waals surface area contributed by atoms with Gasteiger partial charge in [-0.15, -0.1) is 0 Å². The second kappa shape index (κ2) is 10.4. The number of benzene rings is 5. The molecule has 5 nitrogen and oxygen atoms in total. The second-order valence-electron chi connectivity index (χ2n) is 10.2. The molecule has 0 unspecified atom stereocenters. The maximum absolute atomic E-state index is 15.2. The van der Waals surface area contributed by atoms with Gasteiger partial charge in [0.05, 0.1) is 23.0 Å². The molecule has 2 aliphatic rings. The van der Waals surface area contributed by atoms with Crippen molar-refractivity contribution in [3.05, 3.63) is 165 Å². The van der Waals surface area contributed by atoms with E-state index in [9.17, 15) is 4.79 Å². The fourth-order valence-electron chi connectivity index (χ4n) is 6.08. The molecule has 2 atom stereocenters. The number of hydrazone groups is 1. The van der Waals surface area contributed by atoms with Crippen molar-refractivity contribution in [2.24, 2.45) is 5.10 Å². The normalized spacial score (nSPS) is 19.2. The Balaban J connectivity index is 1.54. The molecule has 5 aromatic carbocycles. The Bertz CT molecular complexity index is 1840. The maximum Gasteiger partial charge on any atom is 0.267 e. The molecule has 1 spiro atoms. The lowest BCUT2D eigenvalue weighted by atomic mass is 9.72. The van der Waals surface area contributed by atoms with Gasteiger partial charge in [-0.05, 0) is 65.7 Å². The SMILES string of the molecule is O=C(c1ccccc1)N1C(=O)[C@@]2(c3ccccc31)[C@H](c1ccc(Cl)cc1)C(c1ccccc1)=NN2c1ccc(Br)cc1. The minimum Gasteiger partial charge on any atom is -0.271 e. The lowest BCUT2D eigenvalue weighted by molar-refractivity contribution is -0.122. The number of halogens is 2. The highest BCUT2D eigenvalue weighted by Crippen LogP contribution is 2.57. The molecule has 5 aromatic rings. The number of hydrogen-bond donors (Lipinski definition) is 0. The highest BCUT2D eigenvalue weighted by molar-refractivity contribution is 9.10. The summed E-state index contributed by atoms with van der Waals surface area (Å²) in [6.45, 7) is 0. The van der Waals surface area contributed by atoms with E-state index in [-0.39, 0.29) is 11.8 Å². The zero-order valence-electron chi connectivity index (χ0n) is 22.2. The number of anilines is 2. The molecule has 7 heteroatoms. The Morgan fingerprint density at radius 1 is 0.762 bits per heavy atom. The quantitative estimate of drug-likeness (QED) is 0.188. The van der Waals surface area contributed by atoms with Crippen molar-refractivity contribution in [1.29, 1.82) is 0 Å². The minimum atomic E-state index is -1.39. The van der Waals surface area contributed by atoms with E-state index in [4.69, 9.17) is 16.7 Å². The van der Waals surface area contributed by atoms with Gasteiger partial charge in [-0.1, -0.05) is 106 Å². The zero-order valence-corrected chi connectivity index (χ0v) is 24.5. The smallest absolute Gasteiger partial charge is 0.267 e. The fraction of sp³-hybridized carbons (Fsp3) is 0.0571. The summed E-state index contributed by atoms with van der Waals surface area (Å²) in [5.41, 5.74) is 3.47. The van der Waals surface area contributed by atoms with Gasteiger partial charge >= 0.3 is 0 Å². The first-order valence-corrected chi connectivity index (χ1v) is 14.7. The van der Waals surface area contributed by atoms with E-state index in [1.54, 1.807) is 29.3 Å². The van der Waals surface area contributed by atoms with Gasteiger partial charge in [-0.25, -0.2) is 9.91 Å². The van der Waals surface area contributed by atoms with Gasteiger partial charge in [0.25, 0.3) is 11.8 Å². The van der Waals surface area contributed by atoms with Crippen molar-refractivity contribution in [3.63, 3.8) is 0 Å². The van der Waals surface area contributed by atoms with E-state index in [2.05, 4.69) is 15.9 Å². The van der Waals surface area contributed by atoms with E-state index in [0.29, 0.717) is 21.8 Å². The number of hydrogen-bond acceptors (Lipinski definition) is 4. The number of carbonyl (C=O) groups is 2. The van der Waals surface area contributed by atoms with Crippen molar-refractivity contribution in [2.75, 3.05) is 9.91 Å². The molecule has 0 saturated heterocycles. The minimum absolute atomic E-state index is 0.366. The lowest BCUT2D eigenvalue weighted by Crippen LogP contribution is -2.54. The molecule has 0 fully saturated rings. The molecule has 2 aliphatic heterocycles. The van der Waals surface area contributed by atoms with Crippen LogP contribution >= 0.6 is 27.5 Å². The first-order chi connectivity index (χ1) is 20.5. The molecule has 2 amide bonds. The Morgan fingerprint density at radius 3 is 2.07 bits per heavy atom. The van der Waals surface area contributed by atoms with Gasteiger partial charge in [0.1, 0.15) is 0 Å². The standard InChI is InChI=1S/C35H23BrClN3O2/c36-26-17-21-28(22-18-26)40-35(31(23-15-19-27(37)20-16-23)32(38-40)24-9-3-1-4-10-24)29-13-7-8-14-30(29)39(34(35)42)33(41)25-11-5-2-6-12-25/h1-22,31H/t31-,35-/m1/s1. The largest absolute Gasteiger partial charge is 0.271 e. The predicted octanol–water partition coefficient (Wildman–Crippen LogP) is 8.19. The Labute approximate surface area is 256 Å². The number of rotatable bonds is 4. The van der Waals surface area contributed by atoms with Gasteiger partial charge in [0.2, 0.25) is 0 Å². The highest BCUT2D eigenvalue weighted by atomic mass is 79.9. The summed E-state index contributed by atoms with van der Waals surface area (Å²) in [7, 11) is 0. The zero-order chi connectivity index (χ0) is 28.8. The van der Waals surface area contributed by atoms with Crippen LogP contribution in [0.3, 0.4) is 0 Å². The molecular formula is C35H23BrClN3O2. The number of para-hydroxylation sites is 1. The molecule has 0 aliphatic carbocycles. The summed E-state index contributed by atoms with van der Waals surface area (Å²) in [4.78, 5) is 30.7. The summed E-state index contributed by atoms with van der Waals surface area (Å²) < 4.78 is 0.903. The number of nitrogens with zero attached hydrogens (tertiary/aromatic N) is 3. The summed E-state index contributed by atoms with van der Waals surface area (Å²) in [6, 6.07) is 41.5. The third-order valence-electron chi connectivity index (χ3n) is 7.89. The first-order valence-electron chi connectivity index (χ1n) is 13.5. The molecule has 0 bridgehead atoms. The van der Waals surface area contributed by atoms with Crippen LogP contribution in [0, 0.1) is 0 Å². The van der Waals surface area contributed by atoms with Crippen molar-refractivity contribution in [3.8, 4) is 0 Å². The van der Waals surface area contributed by atoms with Gasteiger partial charge in [-0.3, -0.25) is 9.59 Å². The molecule has 7 rings (SSSR count). The van der Waals surface area contributed by atoms with E-state index in [1.807, 2.05) is 109 Å². The van der Waals surface area contributed by atoms with Gasteiger partial charge < -0.3 is 0 Å². The van der Waals surface area contributed by atoms with Crippen molar-refractivity contribution < 1.29 is 9.59 Å². The second-order valence-corrected chi connectivity index (χ2v) is 11.6. The molecule has 0 aromatic heterocycles. The van der Waals surface area contributed by atoms with Crippen LogP contribution in [0.1, 0.15) is 33.0 Å². The average Bonchev–Trinajstić information content (AvgIpc) is 3.52. The van der Waals surface area contributed by atoms with Crippen LogP contribution in [0.2, 0.25) is 5.02 Å². The molecule has 204 valence electrons. The van der Waals surface area contributed by atoms with Gasteiger partial charge in [0, 0.05) is 20.6 Å². The number of imide groups is 1. The summed E-state index contributed by atoms with van der Waals surface area (Å²) in [5.74, 6) is -1.32. The summed E-state index contributed by atoms with van der Waals surface area (Å²) >= 11 is 9.88. The highest BCUT2D eigenvalue weighted by Gasteiger charge is 2.65. The Morgan fingerprint density at radius 2 is 1.38 bits per heavy atom. The van der Waals surface area contributed by atoms with E-state index < -0.39 is 11.5 Å². The van der Waals surface area contributed by atoms with Crippen LogP contribution in [0.4, 0.5) is 11.4 Å². The predicted molar refractivity (Wildman–Crippen MR) is 170 cm³/mol. The van der Waals surface area contributed by atoms with Crippen LogP contribution in [-0.2, 0) is 10.3 Å². The fourth-order valence-corrected chi connectivity index (χ4v) is 6.47. The third kappa shape index (κ3) is 4.02. The Kier molecular flexibility index (Phi) is 6.53. The van der Waals surface area contributed by atoms with Crippen LogP contribution in [0.5, 0.6) is 0 Å². The number of amides is 2. The number of fused-ring (bicyclic) bond motifs is 2. The van der Waals surface area contributed by atoms with Crippen LogP contribution in [0.15, 0.2) is 143 Å². The molecule has 0 N–H and O–H groups in total. The lowest BCUT2D eigenvalue weighted by Gasteiger charge is -2.38. The monoisotopic (exact) mass is 631 g/mol. The van der Waals surface area contributed by atoms with Gasteiger partial charge in [0.15, 0.2) is 5.54 Å². The molecular weight excluding hydrogens is 610 g/mol. The van der Waals surface area contributed by atoms with Crippen molar-refractivity contribution >= 4 is 56.4 Å². The third-order valence-corrected chi connectivity index (χ3v) is 8.67. The maximum atomic E-state index is 15.2. The van der Waals surface area contributed by atoms with E-state index in [0.717, 1.165) is 27.0 Å². The molecule has 2 heterocycles. The van der Waals surface area contributed by atoms with Crippen LogP contribution in [0.25, 0.3) is 0 Å². The van der Waals surface area contributed by atoms with Crippen LogP contribution < -0.4 is 9.91 Å². The Hall–Kier alpha value is -4.52. The van der Waals surface area contributed by atoms with E-state index >= 15 is 4.79 Å². The number of carbonyl (C=O) groups excluding carboxylic acids is 2. The van der Waals surface area contributed by atoms with E-state index in [1.165, 1.54) is 4.90 Å². The van der Waals surface area contributed by atoms with Crippen molar-refractivity contribution in [1.82, 2.24) is 0 Å².